The second kappa shape index (κ2) is 6.22. The first-order valence-electron chi connectivity index (χ1n) is 6.25. The average Bonchev–Trinajstić information content (AvgIpc) is 2.30. The van der Waals surface area contributed by atoms with Crippen LogP contribution in [0, 0.1) is 19.8 Å². The van der Waals surface area contributed by atoms with Crippen LogP contribution in [0.5, 0.6) is 0 Å². The number of nitrogens with two attached hydrogens (primary N) is 1. The van der Waals surface area contributed by atoms with E-state index in [1.165, 1.54) is 0 Å². The molecule has 0 spiro atoms. The summed E-state index contributed by atoms with van der Waals surface area (Å²) in [6, 6.07) is 4.33. The van der Waals surface area contributed by atoms with Crippen LogP contribution in [-0.4, -0.2) is 18.0 Å². The molecule has 5 nitrogen and oxygen atoms in total. The first-order chi connectivity index (χ1) is 8.81. The molecule has 1 aromatic carbocycles. The highest BCUT2D eigenvalue weighted by atomic mass is 16.2. The van der Waals surface area contributed by atoms with E-state index in [1.807, 2.05) is 45.9 Å². The minimum absolute atomic E-state index is 0.0426. The van der Waals surface area contributed by atoms with Crippen molar-refractivity contribution >= 4 is 17.6 Å². The Hall–Kier alpha value is -2.04. The summed E-state index contributed by atoms with van der Waals surface area (Å²) in [5.74, 6) is -0.309. The Balaban J connectivity index is 2.81. The summed E-state index contributed by atoms with van der Waals surface area (Å²) in [5.41, 5.74) is 8.05. The molecular formula is C14H21N3O2. The number of aryl methyl sites for hydroxylation is 2. The molecule has 0 bridgehead atoms. The zero-order chi connectivity index (χ0) is 14.6. The van der Waals surface area contributed by atoms with Gasteiger partial charge < -0.3 is 16.4 Å². The number of benzene rings is 1. The molecule has 1 rings (SSSR count). The molecule has 19 heavy (non-hydrogen) atoms. The van der Waals surface area contributed by atoms with Gasteiger partial charge >= 0.3 is 6.03 Å². The lowest BCUT2D eigenvalue weighted by molar-refractivity contribution is -0.118. The Morgan fingerprint density at radius 1 is 1.16 bits per heavy atom. The zero-order valence-electron chi connectivity index (χ0n) is 11.8. The van der Waals surface area contributed by atoms with Gasteiger partial charge in [0.2, 0.25) is 5.91 Å². The second-order valence-corrected chi connectivity index (χ2v) is 5.02. The van der Waals surface area contributed by atoms with E-state index in [4.69, 9.17) is 5.73 Å². The normalized spacial score (nSPS) is 12.1. The van der Waals surface area contributed by atoms with Crippen molar-refractivity contribution < 1.29 is 9.59 Å². The zero-order valence-corrected chi connectivity index (χ0v) is 11.8. The number of carbonyl (C=O) groups is 2. The Morgan fingerprint density at radius 2 is 1.79 bits per heavy atom. The molecule has 0 radical (unpaired) electrons. The van der Waals surface area contributed by atoms with Gasteiger partial charge in [-0.15, -0.1) is 0 Å². The van der Waals surface area contributed by atoms with E-state index >= 15 is 0 Å². The van der Waals surface area contributed by atoms with Crippen LogP contribution in [0.1, 0.15) is 25.0 Å². The molecule has 0 fully saturated rings. The third-order valence-electron chi connectivity index (χ3n) is 3.02. The third-order valence-corrected chi connectivity index (χ3v) is 3.02. The minimum atomic E-state index is -0.700. The lowest BCUT2D eigenvalue weighted by Crippen LogP contribution is -2.49. The second-order valence-electron chi connectivity index (χ2n) is 5.02. The molecule has 1 aromatic rings. The van der Waals surface area contributed by atoms with Gasteiger partial charge in [0.25, 0.3) is 0 Å². The quantitative estimate of drug-likeness (QED) is 0.775. The van der Waals surface area contributed by atoms with Crippen molar-refractivity contribution in [2.45, 2.75) is 33.7 Å². The van der Waals surface area contributed by atoms with Crippen LogP contribution >= 0.6 is 0 Å². The van der Waals surface area contributed by atoms with Crippen molar-refractivity contribution in [1.29, 1.82) is 0 Å². The molecule has 1 atom stereocenters. The molecular weight excluding hydrogens is 242 g/mol. The maximum absolute atomic E-state index is 12.1. The summed E-state index contributed by atoms with van der Waals surface area (Å²) in [7, 11) is 0. The monoisotopic (exact) mass is 263 g/mol. The van der Waals surface area contributed by atoms with Gasteiger partial charge in [0.05, 0.1) is 0 Å². The van der Waals surface area contributed by atoms with Crippen molar-refractivity contribution in [2.75, 3.05) is 5.32 Å². The smallest absolute Gasteiger partial charge is 0.312 e. The maximum Gasteiger partial charge on any atom is 0.312 e. The van der Waals surface area contributed by atoms with Crippen LogP contribution in [0.3, 0.4) is 0 Å². The first-order valence-corrected chi connectivity index (χ1v) is 6.25. The van der Waals surface area contributed by atoms with Crippen molar-refractivity contribution in [3.63, 3.8) is 0 Å². The average molecular weight is 263 g/mol. The molecule has 0 saturated heterocycles. The maximum atomic E-state index is 12.1. The van der Waals surface area contributed by atoms with E-state index in [1.54, 1.807) is 0 Å². The highest BCUT2D eigenvalue weighted by Crippen LogP contribution is 2.15. The molecule has 4 N–H and O–H groups in total. The Kier molecular flexibility index (Phi) is 4.92. The van der Waals surface area contributed by atoms with Crippen LogP contribution in [0.2, 0.25) is 0 Å². The predicted molar refractivity (Wildman–Crippen MR) is 75.9 cm³/mol. The topological polar surface area (TPSA) is 84.2 Å². The highest BCUT2D eigenvalue weighted by molar-refractivity contribution is 5.97. The molecule has 0 aromatic heterocycles. The van der Waals surface area contributed by atoms with Gasteiger partial charge in [-0.1, -0.05) is 19.9 Å². The largest absolute Gasteiger partial charge is 0.352 e. The standard InChI is InChI=1S/C14H21N3O2/c1-8(2)12(17-14(15)19)13(18)16-11-6-5-9(3)10(4)7-11/h5-8,12H,1-4H3,(H,16,18)(H3,15,17,19). The predicted octanol–water partition coefficient (Wildman–Crippen LogP) is 1.93. The number of anilines is 1. The van der Waals surface area contributed by atoms with Gasteiger partial charge in [0, 0.05) is 5.69 Å². The van der Waals surface area contributed by atoms with E-state index in [0.29, 0.717) is 5.69 Å². The van der Waals surface area contributed by atoms with Crippen LogP contribution in [0.15, 0.2) is 18.2 Å². The van der Waals surface area contributed by atoms with Crippen molar-refractivity contribution in [3.05, 3.63) is 29.3 Å². The number of hydrogen-bond donors (Lipinski definition) is 3. The van der Waals surface area contributed by atoms with Crippen LogP contribution in [-0.2, 0) is 4.79 Å². The SMILES string of the molecule is Cc1ccc(NC(=O)C(NC(N)=O)C(C)C)cc1C. The number of carbonyl (C=O) groups excluding carboxylic acids is 2. The molecule has 104 valence electrons. The molecule has 0 saturated carbocycles. The Morgan fingerprint density at radius 3 is 2.26 bits per heavy atom. The van der Waals surface area contributed by atoms with E-state index in [9.17, 15) is 9.59 Å². The van der Waals surface area contributed by atoms with Gasteiger partial charge in [-0.2, -0.15) is 0 Å². The summed E-state index contributed by atoms with van der Waals surface area (Å²) < 4.78 is 0. The molecule has 1 unspecified atom stereocenters. The minimum Gasteiger partial charge on any atom is -0.352 e. The summed E-state index contributed by atoms with van der Waals surface area (Å²) >= 11 is 0. The summed E-state index contributed by atoms with van der Waals surface area (Å²) in [4.78, 5) is 23.0. The van der Waals surface area contributed by atoms with Crippen molar-refractivity contribution in [2.24, 2.45) is 11.7 Å². The lowest BCUT2D eigenvalue weighted by atomic mass is 10.0. The van der Waals surface area contributed by atoms with Gasteiger partial charge in [0.1, 0.15) is 6.04 Å². The molecule has 0 aliphatic carbocycles. The van der Waals surface area contributed by atoms with Gasteiger partial charge in [-0.25, -0.2) is 4.79 Å². The summed E-state index contributed by atoms with van der Waals surface area (Å²) in [6.07, 6.45) is 0. The first kappa shape index (κ1) is 15.0. The number of urea groups is 1. The van der Waals surface area contributed by atoms with Crippen molar-refractivity contribution in [3.8, 4) is 0 Å². The number of rotatable bonds is 4. The van der Waals surface area contributed by atoms with E-state index in [2.05, 4.69) is 10.6 Å². The number of amides is 3. The third kappa shape index (κ3) is 4.28. The van der Waals surface area contributed by atoms with E-state index in [-0.39, 0.29) is 11.8 Å². The number of nitrogens with one attached hydrogen (secondary N) is 2. The van der Waals surface area contributed by atoms with E-state index in [0.717, 1.165) is 11.1 Å². The molecule has 5 heteroatoms. The summed E-state index contributed by atoms with van der Waals surface area (Å²) in [5, 5.41) is 5.24. The van der Waals surface area contributed by atoms with Crippen LogP contribution in [0.25, 0.3) is 0 Å². The lowest BCUT2D eigenvalue weighted by Gasteiger charge is -2.20. The van der Waals surface area contributed by atoms with Crippen LogP contribution in [0.4, 0.5) is 10.5 Å². The molecule has 0 aliphatic rings. The fourth-order valence-electron chi connectivity index (χ4n) is 1.73. The number of primary amides is 1. The van der Waals surface area contributed by atoms with E-state index < -0.39 is 12.1 Å². The molecule has 0 aliphatic heterocycles. The Labute approximate surface area is 113 Å². The van der Waals surface area contributed by atoms with Gasteiger partial charge in [-0.3, -0.25) is 4.79 Å². The van der Waals surface area contributed by atoms with Crippen LogP contribution < -0.4 is 16.4 Å². The fraction of sp³-hybridized carbons (Fsp3) is 0.429. The number of hydrogen-bond acceptors (Lipinski definition) is 2. The highest BCUT2D eigenvalue weighted by Gasteiger charge is 2.23. The fourth-order valence-corrected chi connectivity index (χ4v) is 1.73. The summed E-state index contributed by atoms with van der Waals surface area (Å²) in [6.45, 7) is 7.68. The Bertz CT molecular complexity index is 484. The van der Waals surface area contributed by atoms with Gasteiger partial charge in [0.15, 0.2) is 0 Å². The van der Waals surface area contributed by atoms with Gasteiger partial charge in [-0.05, 0) is 43.0 Å². The molecule has 0 heterocycles. The molecule has 3 amide bonds. The van der Waals surface area contributed by atoms with Crippen molar-refractivity contribution in [1.82, 2.24) is 5.32 Å².